The van der Waals surface area contributed by atoms with Crippen LogP contribution in [0.4, 0.5) is 10.5 Å². The number of amides is 1. The standard InChI is InChI=1S/C20H30N2O2/c1-16-5-7-17(8-6-16)22-14-11-20(15-22)9-12-21(13-10-20)18(23)24-19(2,3)4/h5-8H,9-15H2,1-4H3. The molecule has 2 aliphatic rings. The molecule has 2 aliphatic heterocycles. The number of carbonyl (C=O) groups excluding carboxylic acids is 1. The molecule has 0 bridgehead atoms. The zero-order chi connectivity index (χ0) is 17.4. The zero-order valence-corrected chi connectivity index (χ0v) is 15.5. The molecule has 0 N–H and O–H groups in total. The molecule has 0 atom stereocenters. The van der Waals surface area contributed by atoms with Crippen molar-refractivity contribution < 1.29 is 9.53 Å². The van der Waals surface area contributed by atoms with E-state index < -0.39 is 5.60 Å². The van der Waals surface area contributed by atoms with Gasteiger partial charge in [-0.2, -0.15) is 0 Å². The van der Waals surface area contributed by atoms with Crippen molar-refractivity contribution in [2.24, 2.45) is 5.41 Å². The third kappa shape index (κ3) is 3.85. The number of rotatable bonds is 1. The van der Waals surface area contributed by atoms with Gasteiger partial charge in [0, 0.05) is 31.9 Å². The van der Waals surface area contributed by atoms with Gasteiger partial charge in [0.1, 0.15) is 5.60 Å². The molecular formula is C20H30N2O2. The lowest BCUT2D eigenvalue weighted by atomic mass is 9.78. The van der Waals surface area contributed by atoms with Gasteiger partial charge in [-0.1, -0.05) is 17.7 Å². The summed E-state index contributed by atoms with van der Waals surface area (Å²) in [5.41, 5.74) is 2.58. The van der Waals surface area contributed by atoms with Crippen LogP contribution in [-0.4, -0.2) is 42.8 Å². The number of benzene rings is 1. The first-order valence-corrected chi connectivity index (χ1v) is 9.06. The van der Waals surface area contributed by atoms with Crippen molar-refractivity contribution in [3.8, 4) is 0 Å². The van der Waals surface area contributed by atoms with Gasteiger partial charge in [0.2, 0.25) is 0 Å². The molecule has 0 unspecified atom stereocenters. The van der Waals surface area contributed by atoms with E-state index in [0.29, 0.717) is 5.41 Å². The summed E-state index contributed by atoms with van der Waals surface area (Å²) in [7, 11) is 0. The summed E-state index contributed by atoms with van der Waals surface area (Å²) in [6, 6.07) is 8.82. The minimum atomic E-state index is -0.415. The molecule has 1 aromatic rings. The lowest BCUT2D eigenvalue weighted by Crippen LogP contribution is -2.46. The minimum Gasteiger partial charge on any atom is -0.444 e. The highest BCUT2D eigenvalue weighted by molar-refractivity contribution is 5.68. The van der Waals surface area contributed by atoms with Crippen LogP contribution in [0.1, 0.15) is 45.6 Å². The largest absolute Gasteiger partial charge is 0.444 e. The van der Waals surface area contributed by atoms with Crippen LogP contribution < -0.4 is 4.90 Å². The number of anilines is 1. The Balaban J connectivity index is 1.56. The van der Waals surface area contributed by atoms with Gasteiger partial charge >= 0.3 is 6.09 Å². The third-order valence-corrected chi connectivity index (χ3v) is 5.31. The number of hydrogen-bond donors (Lipinski definition) is 0. The summed E-state index contributed by atoms with van der Waals surface area (Å²) in [4.78, 5) is 16.6. The van der Waals surface area contributed by atoms with Crippen LogP contribution in [0, 0.1) is 12.3 Å². The molecule has 1 aromatic carbocycles. The number of hydrogen-bond acceptors (Lipinski definition) is 3. The monoisotopic (exact) mass is 330 g/mol. The fourth-order valence-electron chi connectivity index (χ4n) is 3.81. The van der Waals surface area contributed by atoms with E-state index in [1.165, 1.54) is 17.7 Å². The Kier molecular flexibility index (Phi) is 4.50. The number of nitrogens with zero attached hydrogens (tertiary/aromatic N) is 2. The Labute approximate surface area is 145 Å². The Morgan fingerprint density at radius 2 is 1.62 bits per heavy atom. The molecule has 3 rings (SSSR count). The second-order valence-electron chi connectivity index (χ2n) is 8.47. The van der Waals surface area contributed by atoms with Gasteiger partial charge in [-0.05, 0) is 64.5 Å². The first kappa shape index (κ1) is 17.1. The highest BCUT2D eigenvalue weighted by Crippen LogP contribution is 2.42. The van der Waals surface area contributed by atoms with E-state index in [9.17, 15) is 4.79 Å². The summed E-state index contributed by atoms with van der Waals surface area (Å²) in [6.07, 6.45) is 3.22. The molecular weight excluding hydrogens is 300 g/mol. The fraction of sp³-hybridized carbons (Fsp3) is 0.650. The summed E-state index contributed by atoms with van der Waals surface area (Å²) < 4.78 is 5.51. The van der Waals surface area contributed by atoms with E-state index >= 15 is 0 Å². The van der Waals surface area contributed by atoms with Gasteiger partial charge in [0.15, 0.2) is 0 Å². The smallest absolute Gasteiger partial charge is 0.410 e. The molecule has 4 heteroatoms. The van der Waals surface area contributed by atoms with Gasteiger partial charge in [-0.15, -0.1) is 0 Å². The molecule has 1 amide bonds. The fourth-order valence-corrected chi connectivity index (χ4v) is 3.81. The van der Waals surface area contributed by atoms with Crippen molar-refractivity contribution in [1.82, 2.24) is 4.90 Å². The average molecular weight is 330 g/mol. The van der Waals surface area contributed by atoms with E-state index in [1.807, 2.05) is 25.7 Å². The molecule has 132 valence electrons. The van der Waals surface area contributed by atoms with Crippen molar-refractivity contribution in [3.63, 3.8) is 0 Å². The molecule has 24 heavy (non-hydrogen) atoms. The van der Waals surface area contributed by atoms with Crippen LogP contribution in [-0.2, 0) is 4.74 Å². The van der Waals surface area contributed by atoms with Crippen molar-refractivity contribution in [2.45, 2.75) is 52.6 Å². The summed E-state index contributed by atoms with van der Waals surface area (Å²) >= 11 is 0. The normalized spacial score (nSPS) is 20.5. The first-order chi connectivity index (χ1) is 11.3. The van der Waals surface area contributed by atoms with Gasteiger partial charge in [-0.25, -0.2) is 4.79 Å². The Morgan fingerprint density at radius 3 is 2.21 bits per heavy atom. The Morgan fingerprint density at radius 1 is 1.04 bits per heavy atom. The van der Waals surface area contributed by atoms with Gasteiger partial charge in [0.05, 0.1) is 0 Å². The topological polar surface area (TPSA) is 32.8 Å². The van der Waals surface area contributed by atoms with E-state index in [4.69, 9.17) is 4.74 Å². The number of ether oxygens (including phenoxy) is 1. The van der Waals surface area contributed by atoms with Crippen molar-refractivity contribution in [1.29, 1.82) is 0 Å². The summed E-state index contributed by atoms with van der Waals surface area (Å²) in [6.45, 7) is 11.8. The molecule has 0 saturated carbocycles. The molecule has 2 heterocycles. The lowest BCUT2D eigenvalue weighted by molar-refractivity contribution is 0.0122. The highest BCUT2D eigenvalue weighted by atomic mass is 16.6. The Bertz CT molecular complexity index is 581. The van der Waals surface area contributed by atoms with Gasteiger partial charge < -0.3 is 14.5 Å². The number of likely N-dealkylation sites (tertiary alicyclic amines) is 1. The predicted molar refractivity (Wildman–Crippen MR) is 97.5 cm³/mol. The number of carbonyl (C=O) groups is 1. The van der Waals surface area contributed by atoms with E-state index in [2.05, 4.69) is 36.1 Å². The molecule has 0 aromatic heterocycles. The van der Waals surface area contributed by atoms with Crippen LogP contribution in [0.5, 0.6) is 0 Å². The van der Waals surface area contributed by atoms with Crippen LogP contribution >= 0.6 is 0 Å². The van der Waals surface area contributed by atoms with Crippen molar-refractivity contribution in [3.05, 3.63) is 29.8 Å². The maximum Gasteiger partial charge on any atom is 0.410 e. The quantitative estimate of drug-likeness (QED) is 0.773. The molecule has 4 nitrogen and oxygen atoms in total. The molecule has 0 radical (unpaired) electrons. The average Bonchev–Trinajstić information content (AvgIpc) is 2.91. The highest BCUT2D eigenvalue weighted by Gasteiger charge is 2.42. The van der Waals surface area contributed by atoms with E-state index in [-0.39, 0.29) is 6.09 Å². The number of aryl methyl sites for hydroxylation is 1. The van der Waals surface area contributed by atoms with Crippen molar-refractivity contribution in [2.75, 3.05) is 31.1 Å². The number of piperidine rings is 1. The summed E-state index contributed by atoms with van der Waals surface area (Å²) in [5.74, 6) is 0. The van der Waals surface area contributed by atoms with Gasteiger partial charge in [0.25, 0.3) is 0 Å². The lowest BCUT2D eigenvalue weighted by Gasteiger charge is -2.39. The first-order valence-electron chi connectivity index (χ1n) is 9.06. The van der Waals surface area contributed by atoms with E-state index in [1.54, 1.807) is 0 Å². The van der Waals surface area contributed by atoms with E-state index in [0.717, 1.165) is 39.0 Å². The minimum absolute atomic E-state index is 0.161. The third-order valence-electron chi connectivity index (χ3n) is 5.31. The van der Waals surface area contributed by atoms with Crippen LogP contribution in [0.3, 0.4) is 0 Å². The van der Waals surface area contributed by atoms with Gasteiger partial charge in [-0.3, -0.25) is 0 Å². The maximum absolute atomic E-state index is 12.2. The van der Waals surface area contributed by atoms with Crippen LogP contribution in [0.2, 0.25) is 0 Å². The second-order valence-corrected chi connectivity index (χ2v) is 8.47. The van der Waals surface area contributed by atoms with Crippen molar-refractivity contribution >= 4 is 11.8 Å². The molecule has 1 spiro atoms. The Hall–Kier alpha value is -1.71. The second kappa shape index (κ2) is 6.30. The molecule has 2 fully saturated rings. The van der Waals surface area contributed by atoms with Crippen LogP contribution in [0.25, 0.3) is 0 Å². The summed E-state index contributed by atoms with van der Waals surface area (Å²) in [5, 5.41) is 0. The van der Waals surface area contributed by atoms with Crippen LogP contribution in [0.15, 0.2) is 24.3 Å². The maximum atomic E-state index is 12.2. The predicted octanol–water partition coefficient (Wildman–Crippen LogP) is 4.22. The molecule has 2 saturated heterocycles. The molecule has 0 aliphatic carbocycles. The SMILES string of the molecule is Cc1ccc(N2CCC3(CCN(C(=O)OC(C)(C)C)CC3)C2)cc1. The zero-order valence-electron chi connectivity index (χ0n) is 15.5.